The molecule has 1 unspecified atom stereocenters. The Morgan fingerprint density at radius 3 is 2.53 bits per heavy atom. The van der Waals surface area contributed by atoms with Gasteiger partial charge in [0.2, 0.25) is 0 Å². The monoisotopic (exact) mass is 285 g/mol. The molecule has 0 saturated carbocycles. The van der Waals surface area contributed by atoms with Crippen LogP contribution in [-0.2, 0) is 17.8 Å². The molecule has 0 radical (unpaired) electrons. The second-order valence-corrected chi connectivity index (χ2v) is 5.97. The Bertz CT molecular complexity index is 388. The number of carbonyl (C=O) groups is 1. The highest BCUT2D eigenvalue weighted by Gasteiger charge is 2.14. The lowest BCUT2D eigenvalue weighted by atomic mass is 9.97. The van der Waals surface area contributed by atoms with Gasteiger partial charge in [-0.3, -0.25) is 4.79 Å². The van der Waals surface area contributed by atoms with Crippen LogP contribution < -0.4 is 5.32 Å². The molecule has 0 aromatic carbocycles. The normalized spacial score (nSPS) is 12.8. The smallest absolute Gasteiger partial charge is 0.308 e. The molecule has 1 aromatic rings. The minimum Gasteiger partial charge on any atom is -0.481 e. The summed E-state index contributed by atoms with van der Waals surface area (Å²) in [6.45, 7) is 5.45. The Morgan fingerprint density at radius 1 is 1.32 bits per heavy atom. The van der Waals surface area contributed by atoms with E-state index in [1.54, 1.807) is 0 Å². The highest BCUT2D eigenvalue weighted by Crippen LogP contribution is 2.17. The molecule has 1 atom stereocenters. The summed E-state index contributed by atoms with van der Waals surface area (Å²) in [5.41, 5.74) is 0. The SMILES string of the molecule is CCC(CC)C(O)CNCc1ccc(CC(=O)O)s1. The van der Waals surface area contributed by atoms with Gasteiger partial charge in [0, 0.05) is 22.8 Å². The number of thiophene rings is 1. The average Bonchev–Trinajstić information content (AvgIpc) is 2.77. The van der Waals surface area contributed by atoms with E-state index in [9.17, 15) is 9.90 Å². The molecular formula is C14H23NO3S. The first-order valence-corrected chi connectivity index (χ1v) is 7.56. The number of aliphatic hydroxyl groups excluding tert-OH is 1. The molecule has 0 aliphatic rings. The molecule has 0 aliphatic carbocycles. The summed E-state index contributed by atoms with van der Waals surface area (Å²) in [5.74, 6) is -0.455. The van der Waals surface area contributed by atoms with Crippen molar-refractivity contribution in [3.8, 4) is 0 Å². The van der Waals surface area contributed by atoms with Crippen LogP contribution >= 0.6 is 11.3 Å². The molecule has 0 spiro atoms. The van der Waals surface area contributed by atoms with E-state index in [4.69, 9.17) is 5.11 Å². The second kappa shape index (κ2) is 8.30. The van der Waals surface area contributed by atoms with Gasteiger partial charge in [0.1, 0.15) is 0 Å². The third kappa shape index (κ3) is 5.72. The van der Waals surface area contributed by atoms with Crippen molar-refractivity contribution >= 4 is 17.3 Å². The first-order valence-electron chi connectivity index (χ1n) is 6.74. The van der Waals surface area contributed by atoms with Crippen LogP contribution in [0.2, 0.25) is 0 Å². The minimum atomic E-state index is -0.800. The van der Waals surface area contributed by atoms with Gasteiger partial charge in [-0.05, 0) is 18.1 Å². The van der Waals surface area contributed by atoms with Crippen LogP contribution in [-0.4, -0.2) is 28.8 Å². The molecule has 19 heavy (non-hydrogen) atoms. The van der Waals surface area contributed by atoms with Crippen LogP contribution in [0.4, 0.5) is 0 Å². The van der Waals surface area contributed by atoms with E-state index in [1.807, 2.05) is 12.1 Å². The molecule has 3 N–H and O–H groups in total. The van der Waals surface area contributed by atoms with Crippen molar-refractivity contribution in [3.63, 3.8) is 0 Å². The fraction of sp³-hybridized carbons (Fsp3) is 0.643. The maximum Gasteiger partial charge on any atom is 0.308 e. The number of carboxylic acids is 1. The minimum absolute atomic E-state index is 0.0844. The zero-order chi connectivity index (χ0) is 14.3. The van der Waals surface area contributed by atoms with E-state index >= 15 is 0 Å². The molecule has 0 fully saturated rings. The fourth-order valence-corrected chi connectivity index (χ4v) is 3.08. The van der Waals surface area contributed by atoms with E-state index in [0.717, 1.165) is 22.6 Å². The van der Waals surface area contributed by atoms with Gasteiger partial charge in [0.05, 0.1) is 12.5 Å². The van der Waals surface area contributed by atoms with Crippen LogP contribution in [0.5, 0.6) is 0 Å². The summed E-state index contributed by atoms with van der Waals surface area (Å²) < 4.78 is 0. The second-order valence-electron chi connectivity index (χ2n) is 4.71. The van der Waals surface area contributed by atoms with Crippen molar-refractivity contribution in [2.75, 3.05) is 6.54 Å². The summed E-state index contributed by atoms with van der Waals surface area (Å²) in [4.78, 5) is 12.6. The Hall–Kier alpha value is -0.910. The molecular weight excluding hydrogens is 262 g/mol. The summed E-state index contributed by atoms with van der Waals surface area (Å²) in [7, 11) is 0. The van der Waals surface area contributed by atoms with Crippen LogP contribution in [0.15, 0.2) is 12.1 Å². The first kappa shape index (κ1) is 16.1. The van der Waals surface area contributed by atoms with Crippen molar-refractivity contribution in [2.24, 2.45) is 5.92 Å². The average molecular weight is 285 g/mol. The summed E-state index contributed by atoms with van der Waals surface area (Å²) in [5, 5.41) is 21.9. The number of aliphatic carboxylic acids is 1. The van der Waals surface area contributed by atoms with E-state index in [1.165, 1.54) is 11.3 Å². The molecule has 0 bridgehead atoms. The molecule has 0 saturated heterocycles. The van der Waals surface area contributed by atoms with Gasteiger partial charge in [-0.2, -0.15) is 0 Å². The highest BCUT2D eigenvalue weighted by atomic mass is 32.1. The Labute approximate surface area is 118 Å². The maximum atomic E-state index is 10.6. The predicted molar refractivity (Wildman–Crippen MR) is 77.4 cm³/mol. The van der Waals surface area contributed by atoms with Crippen molar-refractivity contribution in [2.45, 2.75) is 45.8 Å². The topological polar surface area (TPSA) is 69.6 Å². The number of aliphatic hydroxyl groups is 1. The van der Waals surface area contributed by atoms with Crippen LogP contribution in [0.3, 0.4) is 0 Å². The van der Waals surface area contributed by atoms with Gasteiger partial charge in [-0.25, -0.2) is 0 Å². The predicted octanol–water partition coefficient (Wildman–Crippen LogP) is 2.26. The number of hydrogen-bond acceptors (Lipinski definition) is 4. The highest BCUT2D eigenvalue weighted by molar-refractivity contribution is 7.12. The lowest BCUT2D eigenvalue weighted by Gasteiger charge is -2.20. The molecule has 4 nitrogen and oxygen atoms in total. The Balaban J connectivity index is 2.32. The van der Waals surface area contributed by atoms with Crippen molar-refractivity contribution in [3.05, 3.63) is 21.9 Å². The van der Waals surface area contributed by atoms with Crippen molar-refractivity contribution < 1.29 is 15.0 Å². The number of carboxylic acid groups (broad SMARTS) is 1. The largest absolute Gasteiger partial charge is 0.481 e. The van der Waals surface area contributed by atoms with E-state index in [-0.39, 0.29) is 12.5 Å². The first-order chi connectivity index (χ1) is 9.06. The lowest BCUT2D eigenvalue weighted by Crippen LogP contribution is -2.32. The van der Waals surface area contributed by atoms with Gasteiger partial charge in [0.25, 0.3) is 0 Å². The summed E-state index contributed by atoms with van der Waals surface area (Å²) in [6, 6.07) is 3.80. The van der Waals surface area contributed by atoms with Gasteiger partial charge >= 0.3 is 5.97 Å². The third-order valence-electron chi connectivity index (χ3n) is 3.29. The molecule has 0 amide bonds. The van der Waals surface area contributed by atoms with E-state index in [0.29, 0.717) is 19.0 Å². The molecule has 1 aromatic heterocycles. The van der Waals surface area contributed by atoms with Gasteiger partial charge in [-0.1, -0.05) is 26.7 Å². The molecule has 1 rings (SSSR count). The lowest BCUT2D eigenvalue weighted by molar-refractivity contribution is -0.136. The molecule has 1 heterocycles. The molecule has 0 aliphatic heterocycles. The van der Waals surface area contributed by atoms with Gasteiger partial charge in [0.15, 0.2) is 0 Å². The number of rotatable bonds is 9. The summed E-state index contributed by atoms with van der Waals surface area (Å²) in [6.07, 6.45) is 1.75. The maximum absolute atomic E-state index is 10.6. The Morgan fingerprint density at radius 2 is 1.95 bits per heavy atom. The molecule has 108 valence electrons. The quantitative estimate of drug-likeness (QED) is 0.651. The van der Waals surface area contributed by atoms with Crippen LogP contribution in [0.25, 0.3) is 0 Å². The van der Waals surface area contributed by atoms with Crippen molar-refractivity contribution in [1.82, 2.24) is 5.32 Å². The third-order valence-corrected chi connectivity index (χ3v) is 4.37. The number of nitrogens with one attached hydrogen (secondary N) is 1. The van der Waals surface area contributed by atoms with Crippen LogP contribution in [0.1, 0.15) is 36.4 Å². The van der Waals surface area contributed by atoms with Crippen molar-refractivity contribution in [1.29, 1.82) is 0 Å². The Kier molecular flexibility index (Phi) is 7.05. The fourth-order valence-electron chi connectivity index (χ4n) is 2.10. The zero-order valence-corrected chi connectivity index (χ0v) is 12.4. The zero-order valence-electron chi connectivity index (χ0n) is 11.6. The standard InChI is InChI=1S/C14H23NO3S/c1-3-10(4-2)13(16)9-15-8-12-6-5-11(19-12)7-14(17)18/h5-6,10,13,15-16H,3-4,7-9H2,1-2H3,(H,17,18). The summed E-state index contributed by atoms with van der Waals surface area (Å²) >= 11 is 1.51. The van der Waals surface area contributed by atoms with E-state index in [2.05, 4.69) is 19.2 Å². The van der Waals surface area contributed by atoms with E-state index < -0.39 is 5.97 Å². The van der Waals surface area contributed by atoms with Crippen LogP contribution in [0, 0.1) is 5.92 Å². The van der Waals surface area contributed by atoms with Gasteiger partial charge in [-0.15, -0.1) is 11.3 Å². The number of hydrogen-bond donors (Lipinski definition) is 3. The van der Waals surface area contributed by atoms with Gasteiger partial charge < -0.3 is 15.5 Å². The molecule has 5 heteroatoms.